The molecular formula is C21H33NO3. The zero-order chi connectivity index (χ0) is 18.1. The van der Waals surface area contributed by atoms with Crippen molar-refractivity contribution in [1.82, 2.24) is 5.32 Å². The van der Waals surface area contributed by atoms with E-state index in [-0.39, 0.29) is 5.91 Å². The first-order valence-corrected chi connectivity index (χ1v) is 9.65. The molecule has 140 valence electrons. The normalized spacial score (nSPS) is 16.3. The molecule has 0 heterocycles. The van der Waals surface area contributed by atoms with Crippen LogP contribution >= 0.6 is 0 Å². The zero-order valence-corrected chi connectivity index (χ0v) is 16.0. The molecule has 25 heavy (non-hydrogen) atoms. The van der Waals surface area contributed by atoms with E-state index in [0.717, 1.165) is 24.2 Å². The number of amides is 1. The van der Waals surface area contributed by atoms with E-state index < -0.39 is 0 Å². The molecule has 0 saturated heterocycles. The number of carbonyl (C=O) groups excluding carboxylic acids is 1. The second kappa shape index (κ2) is 10.4. The third-order valence-electron chi connectivity index (χ3n) is 4.69. The Morgan fingerprint density at radius 2 is 1.84 bits per heavy atom. The molecule has 2 rings (SSSR count). The standard InChI is InChI=1S/C21H33NO3/c1-16(2)14-25-15-18-13-17(11-12-20(18)24-3)21(23)22-19-9-7-5-4-6-8-10-19/h11-13,16,19H,4-10,14-15H2,1-3H3,(H,22,23). The highest BCUT2D eigenvalue weighted by Crippen LogP contribution is 2.22. The molecule has 1 fully saturated rings. The van der Waals surface area contributed by atoms with Gasteiger partial charge in [0.25, 0.3) is 5.91 Å². The fourth-order valence-electron chi connectivity index (χ4n) is 3.31. The van der Waals surface area contributed by atoms with Crippen molar-refractivity contribution in [2.45, 2.75) is 71.4 Å². The van der Waals surface area contributed by atoms with Gasteiger partial charge in [-0.2, -0.15) is 0 Å². The SMILES string of the molecule is COc1ccc(C(=O)NC2CCCCCCC2)cc1COCC(C)C. The second-order valence-electron chi connectivity index (χ2n) is 7.45. The molecule has 0 unspecified atom stereocenters. The highest BCUT2D eigenvalue weighted by atomic mass is 16.5. The Morgan fingerprint density at radius 1 is 1.16 bits per heavy atom. The van der Waals surface area contributed by atoms with Gasteiger partial charge in [0.15, 0.2) is 0 Å². The lowest BCUT2D eigenvalue weighted by Crippen LogP contribution is -2.35. The predicted octanol–water partition coefficient (Wildman–Crippen LogP) is 4.71. The van der Waals surface area contributed by atoms with Crippen molar-refractivity contribution < 1.29 is 14.3 Å². The summed E-state index contributed by atoms with van der Waals surface area (Å²) >= 11 is 0. The van der Waals surface area contributed by atoms with Gasteiger partial charge in [-0.3, -0.25) is 4.79 Å². The average molecular weight is 347 g/mol. The maximum atomic E-state index is 12.7. The summed E-state index contributed by atoms with van der Waals surface area (Å²) in [5.74, 6) is 1.27. The first kappa shape index (κ1) is 19.8. The average Bonchev–Trinajstić information content (AvgIpc) is 2.56. The van der Waals surface area contributed by atoms with E-state index in [0.29, 0.717) is 30.7 Å². The Hall–Kier alpha value is -1.55. The molecule has 1 aromatic rings. The van der Waals surface area contributed by atoms with E-state index in [1.807, 2.05) is 18.2 Å². The van der Waals surface area contributed by atoms with Crippen LogP contribution in [0.3, 0.4) is 0 Å². The van der Waals surface area contributed by atoms with Gasteiger partial charge in [0.2, 0.25) is 0 Å². The molecular weight excluding hydrogens is 314 g/mol. The number of ether oxygens (including phenoxy) is 2. The third-order valence-corrected chi connectivity index (χ3v) is 4.69. The van der Waals surface area contributed by atoms with Crippen LogP contribution in [0.25, 0.3) is 0 Å². The summed E-state index contributed by atoms with van der Waals surface area (Å²) in [5, 5.41) is 3.22. The topological polar surface area (TPSA) is 47.6 Å². The molecule has 0 aromatic heterocycles. The fourth-order valence-corrected chi connectivity index (χ4v) is 3.31. The van der Waals surface area contributed by atoms with Crippen LogP contribution in [0.2, 0.25) is 0 Å². The van der Waals surface area contributed by atoms with Crippen LogP contribution in [0.15, 0.2) is 18.2 Å². The van der Waals surface area contributed by atoms with Gasteiger partial charge in [-0.1, -0.05) is 46.0 Å². The maximum Gasteiger partial charge on any atom is 0.251 e. The summed E-state index contributed by atoms with van der Waals surface area (Å²) in [6, 6.07) is 5.90. The van der Waals surface area contributed by atoms with Gasteiger partial charge in [0, 0.05) is 23.8 Å². The van der Waals surface area contributed by atoms with Crippen LogP contribution in [-0.4, -0.2) is 25.7 Å². The number of rotatable bonds is 7. The van der Waals surface area contributed by atoms with Crippen molar-refractivity contribution in [2.24, 2.45) is 5.92 Å². The molecule has 0 bridgehead atoms. The lowest BCUT2D eigenvalue weighted by atomic mass is 9.96. The molecule has 1 saturated carbocycles. The summed E-state index contributed by atoms with van der Waals surface area (Å²) < 4.78 is 11.1. The monoisotopic (exact) mass is 347 g/mol. The summed E-state index contributed by atoms with van der Waals surface area (Å²) in [4.78, 5) is 12.7. The van der Waals surface area contributed by atoms with Crippen LogP contribution in [-0.2, 0) is 11.3 Å². The van der Waals surface area contributed by atoms with E-state index in [2.05, 4.69) is 19.2 Å². The van der Waals surface area contributed by atoms with Gasteiger partial charge in [-0.15, -0.1) is 0 Å². The Bertz CT molecular complexity index is 534. The summed E-state index contributed by atoms with van der Waals surface area (Å²) in [7, 11) is 1.65. The molecule has 4 heteroatoms. The number of benzene rings is 1. The first-order chi connectivity index (χ1) is 12.1. The Kier molecular flexibility index (Phi) is 8.26. The highest BCUT2D eigenvalue weighted by molar-refractivity contribution is 5.94. The van der Waals surface area contributed by atoms with Crippen LogP contribution in [0, 0.1) is 5.92 Å². The molecule has 0 atom stereocenters. The van der Waals surface area contributed by atoms with Crippen LogP contribution in [0.1, 0.15) is 74.7 Å². The Morgan fingerprint density at radius 3 is 2.48 bits per heavy atom. The molecule has 4 nitrogen and oxygen atoms in total. The van der Waals surface area contributed by atoms with Crippen LogP contribution in [0.5, 0.6) is 5.75 Å². The fraction of sp³-hybridized carbons (Fsp3) is 0.667. The maximum absolute atomic E-state index is 12.7. The van der Waals surface area contributed by atoms with Crippen molar-refractivity contribution >= 4 is 5.91 Å². The third kappa shape index (κ3) is 6.69. The molecule has 0 spiro atoms. The van der Waals surface area contributed by atoms with Gasteiger partial charge in [0.05, 0.1) is 13.7 Å². The van der Waals surface area contributed by atoms with E-state index in [1.165, 1.54) is 32.1 Å². The number of carbonyl (C=O) groups is 1. The van der Waals surface area contributed by atoms with Crippen molar-refractivity contribution in [2.75, 3.05) is 13.7 Å². The number of methoxy groups -OCH3 is 1. The second-order valence-corrected chi connectivity index (χ2v) is 7.45. The summed E-state index contributed by atoms with van der Waals surface area (Å²) in [6.07, 6.45) is 8.50. The smallest absolute Gasteiger partial charge is 0.251 e. The number of nitrogens with one attached hydrogen (secondary N) is 1. The van der Waals surface area contributed by atoms with E-state index >= 15 is 0 Å². The van der Waals surface area contributed by atoms with E-state index in [4.69, 9.17) is 9.47 Å². The van der Waals surface area contributed by atoms with E-state index in [9.17, 15) is 4.79 Å². The number of hydrogen-bond acceptors (Lipinski definition) is 3. The van der Waals surface area contributed by atoms with E-state index in [1.54, 1.807) is 7.11 Å². The van der Waals surface area contributed by atoms with Gasteiger partial charge >= 0.3 is 0 Å². The first-order valence-electron chi connectivity index (χ1n) is 9.65. The largest absolute Gasteiger partial charge is 0.496 e. The molecule has 1 amide bonds. The quantitative estimate of drug-likeness (QED) is 0.777. The lowest BCUT2D eigenvalue weighted by Gasteiger charge is -2.21. The summed E-state index contributed by atoms with van der Waals surface area (Å²) in [6.45, 7) is 5.40. The predicted molar refractivity (Wildman–Crippen MR) is 101 cm³/mol. The van der Waals surface area contributed by atoms with Crippen LogP contribution in [0.4, 0.5) is 0 Å². The molecule has 1 aromatic carbocycles. The lowest BCUT2D eigenvalue weighted by molar-refractivity contribution is 0.0922. The highest BCUT2D eigenvalue weighted by Gasteiger charge is 2.16. The molecule has 0 aliphatic heterocycles. The minimum atomic E-state index is 0.0123. The number of hydrogen-bond donors (Lipinski definition) is 1. The minimum Gasteiger partial charge on any atom is -0.496 e. The molecule has 0 radical (unpaired) electrons. The molecule has 1 aliphatic carbocycles. The van der Waals surface area contributed by atoms with Crippen molar-refractivity contribution in [3.63, 3.8) is 0 Å². The van der Waals surface area contributed by atoms with Crippen molar-refractivity contribution in [1.29, 1.82) is 0 Å². The Labute approximate surface area is 152 Å². The molecule has 1 N–H and O–H groups in total. The zero-order valence-electron chi connectivity index (χ0n) is 16.0. The van der Waals surface area contributed by atoms with Gasteiger partial charge in [-0.05, 0) is 37.0 Å². The van der Waals surface area contributed by atoms with Gasteiger partial charge in [0.1, 0.15) is 5.75 Å². The van der Waals surface area contributed by atoms with Crippen LogP contribution < -0.4 is 10.1 Å². The Balaban J connectivity index is 2.00. The summed E-state index contributed by atoms with van der Waals surface area (Å²) in [5.41, 5.74) is 1.61. The minimum absolute atomic E-state index is 0.0123. The van der Waals surface area contributed by atoms with Crippen molar-refractivity contribution in [3.8, 4) is 5.75 Å². The van der Waals surface area contributed by atoms with Gasteiger partial charge < -0.3 is 14.8 Å². The van der Waals surface area contributed by atoms with Crippen molar-refractivity contribution in [3.05, 3.63) is 29.3 Å². The molecule has 1 aliphatic rings. The van der Waals surface area contributed by atoms with Gasteiger partial charge in [-0.25, -0.2) is 0 Å².